The van der Waals surface area contributed by atoms with E-state index in [2.05, 4.69) is 20.8 Å². The molecule has 2 rings (SSSR count). The van der Waals surface area contributed by atoms with Crippen LogP contribution >= 0.6 is 0 Å². The maximum Gasteiger partial charge on any atom is 0.135 e. The van der Waals surface area contributed by atoms with Crippen LogP contribution in [0.1, 0.15) is 104 Å². The lowest BCUT2D eigenvalue weighted by Crippen LogP contribution is -2.32. The summed E-state index contributed by atoms with van der Waals surface area (Å²) < 4.78 is 0. The lowest BCUT2D eigenvalue weighted by molar-refractivity contribution is -0.124. The smallest absolute Gasteiger partial charge is 0.135 e. The summed E-state index contributed by atoms with van der Waals surface area (Å²) in [7, 11) is 0. The Kier molecular flexibility index (Phi) is 8.13. The molecule has 0 aromatic heterocycles. The standard InChI is InChI=1S/C22H40O/c1-4-6-7-9-22(23)20-13-11-19(12-14-20)21-15-10-18(8-5-2)16-17(21)3/h17-21H,4-16H2,1-3H3/t17-,18+,19?,20?,21?/m1/s1. The van der Waals surface area contributed by atoms with E-state index in [4.69, 9.17) is 0 Å². The molecule has 3 atom stereocenters. The summed E-state index contributed by atoms with van der Waals surface area (Å²) in [5, 5.41) is 0. The molecule has 2 aliphatic carbocycles. The van der Waals surface area contributed by atoms with Crippen molar-refractivity contribution in [3.05, 3.63) is 0 Å². The van der Waals surface area contributed by atoms with Crippen molar-refractivity contribution in [3.63, 3.8) is 0 Å². The summed E-state index contributed by atoms with van der Waals surface area (Å²) in [6.45, 7) is 7.05. The van der Waals surface area contributed by atoms with Gasteiger partial charge in [0.25, 0.3) is 0 Å². The Balaban J connectivity index is 1.73. The minimum Gasteiger partial charge on any atom is -0.299 e. The average molecular weight is 321 g/mol. The molecule has 134 valence electrons. The molecule has 0 bridgehead atoms. The highest BCUT2D eigenvalue weighted by atomic mass is 16.1. The summed E-state index contributed by atoms with van der Waals surface area (Å²) in [6.07, 6.45) is 16.7. The van der Waals surface area contributed by atoms with E-state index in [0.717, 1.165) is 36.5 Å². The maximum atomic E-state index is 12.3. The van der Waals surface area contributed by atoms with Crippen molar-refractivity contribution in [1.29, 1.82) is 0 Å². The zero-order chi connectivity index (χ0) is 16.7. The van der Waals surface area contributed by atoms with E-state index in [9.17, 15) is 4.79 Å². The van der Waals surface area contributed by atoms with Crippen LogP contribution in [0.15, 0.2) is 0 Å². The Morgan fingerprint density at radius 1 is 0.913 bits per heavy atom. The van der Waals surface area contributed by atoms with Crippen LogP contribution in [-0.2, 0) is 4.79 Å². The van der Waals surface area contributed by atoms with Gasteiger partial charge in [-0.05, 0) is 68.6 Å². The molecule has 1 nitrogen and oxygen atoms in total. The highest BCUT2D eigenvalue weighted by molar-refractivity contribution is 5.81. The van der Waals surface area contributed by atoms with Gasteiger partial charge in [0, 0.05) is 12.3 Å². The third-order valence-corrected chi connectivity index (χ3v) is 6.90. The number of carbonyl (C=O) groups excluding carboxylic acids is 1. The lowest BCUT2D eigenvalue weighted by Gasteiger charge is -2.41. The van der Waals surface area contributed by atoms with Crippen LogP contribution < -0.4 is 0 Å². The molecule has 0 heterocycles. The predicted molar refractivity (Wildman–Crippen MR) is 99.5 cm³/mol. The molecule has 0 aromatic carbocycles. The van der Waals surface area contributed by atoms with Crippen molar-refractivity contribution in [3.8, 4) is 0 Å². The first kappa shape index (κ1) is 19.0. The normalized spacial score (nSPS) is 35.2. The zero-order valence-electron chi connectivity index (χ0n) is 16.0. The Morgan fingerprint density at radius 3 is 2.26 bits per heavy atom. The van der Waals surface area contributed by atoms with E-state index >= 15 is 0 Å². The van der Waals surface area contributed by atoms with Gasteiger partial charge in [-0.3, -0.25) is 4.79 Å². The number of rotatable bonds is 8. The largest absolute Gasteiger partial charge is 0.299 e. The summed E-state index contributed by atoms with van der Waals surface area (Å²) in [5.74, 6) is 4.79. The molecular weight excluding hydrogens is 280 g/mol. The van der Waals surface area contributed by atoms with Gasteiger partial charge in [0.1, 0.15) is 5.78 Å². The fraction of sp³-hybridized carbons (Fsp3) is 0.955. The van der Waals surface area contributed by atoms with Gasteiger partial charge in [-0.15, -0.1) is 0 Å². The fourth-order valence-corrected chi connectivity index (χ4v) is 5.52. The van der Waals surface area contributed by atoms with Crippen molar-refractivity contribution in [1.82, 2.24) is 0 Å². The first-order valence-electron chi connectivity index (χ1n) is 10.7. The van der Waals surface area contributed by atoms with E-state index in [1.165, 1.54) is 70.6 Å². The van der Waals surface area contributed by atoms with Gasteiger partial charge in [0.05, 0.1) is 0 Å². The molecule has 0 saturated heterocycles. The van der Waals surface area contributed by atoms with Gasteiger partial charge in [0.2, 0.25) is 0 Å². The molecule has 0 N–H and O–H groups in total. The Labute approximate surface area is 145 Å². The molecule has 0 aliphatic heterocycles. The molecule has 2 aliphatic rings. The SMILES string of the molecule is CCCCCC(=O)C1CCC(C2CC[C@H](CCC)C[C@H]2C)CC1. The van der Waals surface area contributed by atoms with Crippen molar-refractivity contribution in [2.45, 2.75) is 104 Å². The maximum absolute atomic E-state index is 12.3. The van der Waals surface area contributed by atoms with Gasteiger partial charge >= 0.3 is 0 Å². The topological polar surface area (TPSA) is 17.1 Å². The molecule has 23 heavy (non-hydrogen) atoms. The number of hydrogen-bond donors (Lipinski definition) is 0. The van der Waals surface area contributed by atoms with Crippen LogP contribution in [0, 0.1) is 29.6 Å². The van der Waals surface area contributed by atoms with Gasteiger partial charge in [-0.1, -0.05) is 52.9 Å². The first-order chi connectivity index (χ1) is 11.2. The van der Waals surface area contributed by atoms with E-state index < -0.39 is 0 Å². The minimum absolute atomic E-state index is 0.412. The molecule has 2 fully saturated rings. The number of hydrogen-bond acceptors (Lipinski definition) is 1. The van der Waals surface area contributed by atoms with Crippen molar-refractivity contribution < 1.29 is 4.79 Å². The average Bonchev–Trinajstić information content (AvgIpc) is 2.56. The van der Waals surface area contributed by atoms with E-state index in [-0.39, 0.29) is 0 Å². The molecule has 0 radical (unpaired) electrons. The van der Waals surface area contributed by atoms with Crippen LogP contribution in [0.5, 0.6) is 0 Å². The molecule has 0 aromatic rings. The van der Waals surface area contributed by atoms with E-state index in [1.54, 1.807) is 0 Å². The summed E-state index contributed by atoms with van der Waals surface area (Å²) >= 11 is 0. The minimum atomic E-state index is 0.412. The first-order valence-corrected chi connectivity index (χ1v) is 10.7. The summed E-state index contributed by atoms with van der Waals surface area (Å²) in [4.78, 5) is 12.3. The second-order valence-corrected chi connectivity index (χ2v) is 8.64. The van der Waals surface area contributed by atoms with Gasteiger partial charge < -0.3 is 0 Å². The zero-order valence-corrected chi connectivity index (χ0v) is 16.0. The number of unbranched alkanes of at least 4 members (excludes halogenated alkanes) is 2. The van der Waals surface area contributed by atoms with Crippen molar-refractivity contribution in [2.75, 3.05) is 0 Å². The highest BCUT2D eigenvalue weighted by Crippen LogP contribution is 2.45. The molecule has 2 saturated carbocycles. The van der Waals surface area contributed by atoms with Gasteiger partial charge in [-0.2, -0.15) is 0 Å². The van der Waals surface area contributed by atoms with Crippen LogP contribution in [-0.4, -0.2) is 5.78 Å². The van der Waals surface area contributed by atoms with E-state index in [1.807, 2.05) is 0 Å². The predicted octanol–water partition coefficient (Wildman–Crippen LogP) is 6.79. The molecule has 0 amide bonds. The Hall–Kier alpha value is -0.330. The van der Waals surface area contributed by atoms with Crippen LogP contribution in [0.4, 0.5) is 0 Å². The van der Waals surface area contributed by atoms with Crippen LogP contribution in [0.2, 0.25) is 0 Å². The second kappa shape index (κ2) is 9.84. The second-order valence-electron chi connectivity index (χ2n) is 8.64. The number of carbonyl (C=O) groups is 1. The van der Waals surface area contributed by atoms with Gasteiger partial charge in [0.15, 0.2) is 0 Å². The quantitative estimate of drug-likeness (QED) is 0.450. The molecular formula is C22H40O. The van der Waals surface area contributed by atoms with Crippen molar-refractivity contribution >= 4 is 5.78 Å². The van der Waals surface area contributed by atoms with Crippen LogP contribution in [0.3, 0.4) is 0 Å². The van der Waals surface area contributed by atoms with Crippen molar-refractivity contribution in [2.24, 2.45) is 29.6 Å². The number of Topliss-reactive ketones (excluding diaryl/α,β-unsaturated/α-hetero) is 1. The fourth-order valence-electron chi connectivity index (χ4n) is 5.52. The molecule has 0 spiro atoms. The molecule has 1 heteroatoms. The summed E-state index contributed by atoms with van der Waals surface area (Å²) in [6, 6.07) is 0. The third-order valence-electron chi connectivity index (χ3n) is 6.90. The van der Waals surface area contributed by atoms with Crippen LogP contribution in [0.25, 0.3) is 0 Å². The monoisotopic (exact) mass is 320 g/mol. The highest BCUT2D eigenvalue weighted by Gasteiger charge is 2.35. The van der Waals surface area contributed by atoms with Gasteiger partial charge in [-0.25, -0.2) is 0 Å². The summed E-state index contributed by atoms with van der Waals surface area (Å²) in [5.41, 5.74) is 0. The molecule has 1 unspecified atom stereocenters. The Morgan fingerprint density at radius 2 is 1.65 bits per heavy atom. The van der Waals surface area contributed by atoms with E-state index in [0.29, 0.717) is 11.7 Å². The third kappa shape index (κ3) is 5.61. The number of ketones is 1. The Bertz CT molecular complexity index is 340. The lowest BCUT2D eigenvalue weighted by atomic mass is 9.64.